The van der Waals surface area contributed by atoms with Gasteiger partial charge in [-0.2, -0.15) is 0 Å². The highest BCUT2D eigenvalue weighted by molar-refractivity contribution is 6.31. The zero-order valence-electron chi connectivity index (χ0n) is 12.5. The summed E-state index contributed by atoms with van der Waals surface area (Å²) in [6.07, 6.45) is 0.820. The van der Waals surface area contributed by atoms with Crippen molar-refractivity contribution in [2.45, 2.75) is 12.3 Å². The molecule has 23 heavy (non-hydrogen) atoms. The molecule has 2 atom stereocenters. The first kappa shape index (κ1) is 15.8. The molecule has 1 aliphatic rings. The Bertz CT molecular complexity index is 707. The lowest BCUT2D eigenvalue weighted by Gasteiger charge is -2.08. The Labute approximate surface area is 139 Å². The molecule has 2 aromatic rings. The molecule has 0 saturated heterocycles. The van der Waals surface area contributed by atoms with Crippen molar-refractivity contribution in [1.82, 2.24) is 5.32 Å². The third-order valence-electron chi connectivity index (χ3n) is 3.90. The van der Waals surface area contributed by atoms with Crippen molar-refractivity contribution in [3.05, 3.63) is 64.9 Å². The second kappa shape index (κ2) is 7.01. The molecule has 2 aromatic carbocycles. The van der Waals surface area contributed by atoms with E-state index in [1.165, 1.54) is 12.1 Å². The Morgan fingerprint density at radius 1 is 1.26 bits per heavy atom. The SMILES string of the molecule is O=C(NCCOc1cccc(F)c1)C1CC1c1ccccc1Cl. The molecular weight excluding hydrogens is 317 g/mol. The van der Waals surface area contributed by atoms with Crippen molar-refractivity contribution in [3.63, 3.8) is 0 Å². The van der Waals surface area contributed by atoms with Crippen LogP contribution in [0.3, 0.4) is 0 Å². The Morgan fingerprint density at radius 3 is 2.87 bits per heavy atom. The minimum atomic E-state index is -0.341. The standard InChI is InChI=1S/C18H17ClFNO2/c19-17-7-2-1-6-14(17)15-11-16(15)18(22)21-8-9-23-13-5-3-4-12(20)10-13/h1-7,10,15-16H,8-9,11H2,(H,21,22). The van der Waals surface area contributed by atoms with Crippen LogP contribution < -0.4 is 10.1 Å². The minimum Gasteiger partial charge on any atom is -0.492 e. The molecule has 0 aromatic heterocycles. The summed E-state index contributed by atoms with van der Waals surface area (Å²) in [5.74, 6) is 0.307. The second-order valence-electron chi connectivity index (χ2n) is 5.57. The first-order valence-corrected chi connectivity index (χ1v) is 7.93. The number of ether oxygens (including phenoxy) is 1. The molecule has 3 rings (SSSR count). The van der Waals surface area contributed by atoms with Gasteiger partial charge in [0.15, 0.2) is 0 Å². The Hall–Kier alpha value is -2.07. The maximum atomic E-state index is 13.0. The van der Waals surface area contributed by atoms with Crippen molar-refractivity contribution in [3.8, 4) is 5.75 Å². The van der Waals surface area contributed by atoms with Crippen LogP contribution in [0.5, 0.6) is 5.75 Å². The van der Waals surface area contributed by atoms with Crippen molar-refractivity contribution >= 4 is 17.5 Å². The number of hydrogen-bond acceptors (Lipinski definition) is 2. The fraction of sp³-hybridized carbons (Fsp3) is 0.278. The summed E-state index contributed by atoms with van der Waals surface area (Å²) < 4.78 is 18.4. The topological polar surface area (TPSA) is 38.3 Å². The molecule has 2 unspecified atom stereocenters. The van der Waals surface area contributed by atoms with Crippen LogP contribution in [0.2, 0.25) is 5.02 Å². The third kappa shape index (κ3) is 4.02. The summed E-state index contributed by atoms with van der Waals surface area (Å²) in [6.45, 7) is 0.694. The number of rotatable bonds is 6. The quantitative estimate of drug-likeness (QED) is 0.817. The summed E-state index contributed by atoms with van der Waals surface area (Å²) >= 11 is 6.15. The van der Waals surface area contributed by atoms with Crippen LogP contribution in [0, 0.1) is 11.7 Å². The van der Waals surface area contributed by atoms with Crippen LogP contribution in [0.1, 0.15) is 17.9 Å². The van der Waals surface area contributed by atoms with Gasteiger partial charge in [0.25, 0.3) is 0 Å². The van der Waals surface area contributed by atoms with E-state index in [1.54, 1.807) is 12.1 Å². The Kier molecular flexibility index (Phi) is 4.82. The van der Waals surface area contributed by atoms with Crippen LogP contribution in [-0.4, -0.2) is 19.1 Å². The molecule has 1 aliphatic carbocycles. The summed E-state index contributed by atoms with van der Waals surface area (Å²) in [6, 6.07) is 13.6. The number of carbonyl (C=O) groups excluding carboxylic acids is 1. The molecule has 0 bridgehead atoms. The smallest absolute Gasteiger partial charge is 0.223 e. The summed E-state index contributed by atoms with van der Waals surface area (Å²) in [5, 5.41) is 3.56. The maximum Gasteiger partial charge on any atom is 0.223 e. The first-order valence-electron chi connectivity index (χ1n) is 7.55. The Morgan fingerprint density at radius 2 is 2.09 bits per heavy atom. The van der Waals surface area contributed by atoms with Crippen molar-refractivity contribution in [2.24, 2.45) is 5.92 Å². The van der Waals surface area contributed by atoms with E-state index < -0.39 is 0 Å². The van der Waals surface area contributed by atoms with E-state index in [4.69, 9.17) is 16.3 Å². The van der Waals surface area contributed by atoms with Crippen molar-refractivity contribution < 1.29 is 13.9 Å². The van der Waals surface area contributed by atoms with Gasteiger partial charge in [-0.15, -0.1) is 0 Å². The molecule has 3 nitrogen and oxygen atoms in total. The monoisotopic (exact) mass is 333 g/mol. The Balaban J connectivity index is 1.42. The van der Waals surface area contributed by atoms with Gasteiger partial charge < -0.3 is 10.1 Å². The molecular formula is C18H17ClFNO2. The highest BCUT2D eigenvalue weighted by Crippen LogP contribution is 2.49. The molecule has 0 aliphatic heterocycles. The third-order valence-corrected chi connectivity index (χ3v) is 4.24. The minimum absolute atomic E-state index is 0.0118. The van der Waals surface area contributed by atoms with Gasteiger partial charge in [-0.25, -0.2) is 4.39 Å². The summed E-state index contributed by atoms with van der Waals surface area (Å²) in [4.78, 5) is 12.1. The van der Waals surface area contributed by atoms with Crippen LogP contribution in [-0.2, 0) is 4.79 Å². The number of carbonyl (C=O) groups is 1. The van der Waals surface area contributed by atoms with Gasteiger partial charge in [-0.05, 0) is 36.1 Å². The van der Waals surface area contributed by atoms with Crippen molar-refractivity contribution in [1.29, 1.82) is 0 Å². The molecule has 1 N–H and O–H groups in total. The molecule has 1 saturated carbocycles. The lowest BCUT2D eigenvalue weighted by atomic mass is 10.1. The number of benzene rings is 2. The van der Waals surface area contributed by atoms with Gasteiger partial charge >= 0.3 is 0 Å². The average Bonchev–Trinajstić information content (AvgIpc) is 3.32. The van der Waals surface area contributed by atoms with Gasteiger partial charge in [0, 0.05) is 17.0 Å². The highest BCUT2D eigenvalue weighted by atomic mass is 35.5. The van der Waals surface area contributed by atoms with E-state index in [1.807, 2.05) is 24.3 Å². The zero-order chi connectivity index (χ0) is 16.2. The fourth-order valence-electron chi connectivity index (χ4n) is 2.64. The lowest BCUT2D eigenvalue weighted by Crippen LogP contribution is -2.29. The van der Waals surface area contributed by atoms with Gasteiger partial charge in [0.2, 0.25) is 5.91 Å². The van der Waals surface area contributed by atoms with E-state index in [0.29, 0.717) is 23.9 Å². The highest BCUT2D eigenvalue weighted by Gasteiger charge is 2.44. The second-order valence-corrected chi connectivity index (χ2v) is 5.97. The number of hydrogen-bond donors (Lipinski definition) is 1. The van der Waals surface area contributed by atoms with Crippen LogP contribution in [0.4, 0.5) is 4.39 Å². The largest absolute Gasteiger partial charge is 0.492 e. The van der Waals surface area contributed by atoms with Gasteiger partial charge in [-0.3, -0.25) is 4.79 Å². The van der Waals surface area contributed by atoms with Crippen LogP contribution in [0.25, 0.3) is 0 Å². The summed E-state index contributed by atoms with van der Waals surface area (Å²) in [5.41, 5.74) is 1.03. The van der Waals surface area contributed by atoms with Crippen LogP contribution >= 0.6 is 11.6 Å². The van der Waals surface area contributed by atoms with Gasteiger partial charge in [-0.1, -0.05) is 35.9 Å². The fourth-order valence-corrected chi connectivity index (χ4v) is 2.91. The van der Waals surface area contributed by atoms with E-state index in [9.17, 15) is 9.18 Å². The normalized spacial score (nSPS) is 19.2. The van der Waals surface area contributed by atoms with Crippen LogP contribution in [0.15, 0.2) is 48.5 Å². The molecule has 0 spiro atoms. The van der Waals surface area contributed by atoms with E-state index >= 15 is 0 Å². The van der Waals surface area contributed by atoms with E-state index in [0.717, 1.165) is 12.0 Å². The lowest BCUT2D eigenvalue weighted by molar-refractivity contribution is -0.122. The van der Waals surface area contributed by atoms with Crippen molar-refractivity contribution in [2.75, 3.05) is 13.2 Å². The molecule has 5 heteroatoms. The number of amides is 1. The molecule has 120 valence electrons. The van der Waals surface area contributed by atoms with Gasteiger partial charge in [0.1, 0.15) is 18.2 Å². The average molecular weight is 334 g/mol. The molecule has 1 fully saturated rings. The molecule has 0 heterocycles. The number of nitrogens with one attached hydrogen (secondary N) is 1. The predicted molar refractivity (Wildman–Crippen MR) is 87.2 cm³/mol. The molecule has 0 radical (unpaired) electrons. The predicted octanol–water partition coefficient (Wildman–Crippen LogP) is 3.78. The maximum absolute atomic E-state index is 13.0. The zero-order valence-corrected chi connectivity index (χ0v) is 13.2. The molecule has 1 amide bonds. The van der Waals surface area contributed by atoms with E-state index in [2.05, 4.69) is 5.32 Å². The first-order chi connectivity index (χ1) is 11.1. The van der Waals surface area contributed by atoms with E-state index in [-0.39, 0.29) is 23.6 Å². The summed E-state index contributed by atoms with van der Waals surface area (Å²) in [7, 11) is 0. The number of halogens is 2. The van der Waals surface area contributed by atoms with Gasteiger partial charge in [0.05, 0.1) is 6.54 Å².